The van der Waals surface area contributed by atoms with Gasteiger partial charge in [-0.05, 0) is 42.5 Å². The van der Waals surface area contributed by atoms with E-state index in [1.165, 1.54) is 6.07 Å². The summed E-state index contributed by atoms with van der Waals surface area (Å²) in [5, 5.41) is 0.929. The first-order chi connectivity index (χ1) is 15.1. The van der Waals surface area contributed by atoms with Crippen LogP contribution in [0.2, 0.25) is 0 Å². The van der Waals surface area contributed by atoms with Gasteiger partial charge in [0, 0.05) is 67.5 Å². The minimum absolute atomic E-state index is 0.0458. The molecule has 2 aromatic carbocycles. The Bertz CT molecular complexity index is 1250. The quantitative estimate of drug-likeness (QED) is 0.509. The zero-order valence-electron chi connectivity index (χ0n) is 16.6. The third-order valence-electron chi connectivity index (χ3n) is 5.54. The summed E-state index contributed by atoms with van der Waals surface area (Å²) in [4.78, 5) is 25.3. The smallest absolute Gasteiger partial charge is 0.253 e. The second-order valence-electron chi connectivity index (χ2n) is 7.39. The zero-order valence-corrected chi connectivity index (χ0v) is 16.6. The van der Waals surface area contributed by atoms with Crippen LogP contribution in [0.15, 0.2) is 67.1 Å². The number of aromatic nitrogens is 3. The molecule has 0 N–H and O–H groups in total. The van der Waals surface area contributed by atoms with Crippen molar-refractivity contribution >= 4 is 22.5 Å². The zero-order chi connectivity index (χ0) is 21.4. The van der Waals surface area contributed by atoms with Gasteiger partial charge in [0.05, 0.1) is 5.52 Å². The van der Waals surface area contributed by atoms with E-state index in [1.54, 1.807) is 29.4 Å². The topological polar surface area (TPSA) is 54.3 Å². The number of anilines is 1. The third kappa shape index (κ3) is 3.61. The Labute approximate surface area is 177 Å². The molecule has 31 heavy (non-hydrogen) atoms. The third-order valence-corrected chi connectivity index (χ3v) is 5.54. The summed E-state index contributed by atoms with van der Waals surface area (Å²) in [6.45, 7) is 2.13. The monoisotopic (exact) mass is 419 g/mol. The highest BCUT2D eigenvalue weighted by atomic mass is 19.2. The van der Waals surface area contributed by atoms with E-state index in [4.69, 9.17) is 0 Å². The Hall–Kier alpha value is -3.81. The average molecular weight is 419 g/mol. The van der Waals surface area contributed by atoms with E-state index < -0.39 is 11.6 Å². The van der Waals surface area contributed by atoms with Crippen LogP contribution in [0, 0.1) is 11.6 Å². The Morgan fingerprint density at radius 1 is 0.871 bits per heavy atom. The molecule has 2 aromatic heterocycles. The number of hydrogen-bond acceptors (Lipinski definition) is 4. The van der Waals surface area contributed by atoms with Crippen molar-refractivity contribution in [2.75, 3.05) is 31.1 Å². The molecule has 0 aliphatic carbocycles. The van der Waals surface area contributed by atoms with E-state index in [0.29, 0.717) is 43.4 Å². The second kappa shape index (κ2) is 7.79. The first kappa shape index (κ1) is 19.2. The van der Waals surface area contributed by atoms with Gasteiger partial charge < -0.3 is 9.80 Å². The van der Waals surface area contributed by atoms with Crippen molar-refractivity contribution in [3.63, 3.8) is 0 Å². The minimum Gasteiger partial charge on any atom is -0.368 e. The van der Waals surface area contributed by atoms with Crippen LogP contribution in [0.4, 0.5) is 14.5 Å². The summed E-state index contributed by atoms with van der Waals surface area (Å²) in [6.07, 6.45) is 5.26. The number of benzene rings is 2. The maximum Gasteiger partial charge on any atom is 0.253 e. The molecule has 8 heteroatoms. The number of fused-ring (bicyclic) bond motifs is 1. The molecule has 1 aliphatic rings. The number of carbonyl (C=O) groups is 1. The predicted octanol–water partition coefficient (Wildman–Crippen LogP) is 3.66. The number of hydrogen-bond donors (Lipinski definition) is 0. The largest absolute Gasteiger partial charge is 0.368 e. The van der Waals surface area contributed by atoms with Gasteiger partial charge in [-0.1, -0.05) is 0 Å². The van der Waals surface area contributed by atoms with Crippen molar-refractivity contribution in [1.82, 2.24) is 19.4 Å². The Morgan fingerprint density at radius 3 is 2.39 bits per heavy atom. The van der Waals surface area contributed by atoms with E-state index >= 15 is 0 Å². The Balaban J connectivity index is 1.31. The number of rotatable bonds is 3. The van der Waals surface area contributed by atoms with Crippen molar-refractivity contribution in [1.29, 1.82) is 0 Å². The molecule has 0 saturated carbocycles. The maximum absolute atomic E-state index is 13.5. The van der Waals surface area contributed by atoms with Gasteiger partial charge in [-0.2, -0.15) is 0 Å². The van der Waals surface area contributed by atoms with Crippen LogP contribution in [0.5, 0.6) is 0 Å². The highest BCUT2D eigenvalue weighted by Crippen LogP contribution is 2.23. The van der Waals surface area contributed by atoms with E-state index in [2.05, 4.69) is 9.97 Å². The number of nitrogens with zero attached hydrogens (tertiary/aromatic N) is 5. The van der Waals surface area contributed by atoms with Crippen LogP contribution in [0.3, 0.4) is 0 Å². The van der Waals surface area contributed by atoms with Gasteiger partial charge in [-0.15, -0.1) is 0 Å². The van der Waals surface area contributed by atoms with Crippen molar-refractivity contribution in [2.24, 2.45) is 0 Å². The molecular weight excluding hydrogens is 400 g/mol. The molecule has 5 rings (SSSR count). The lowest BCUT2D eigenvalue weighted by Crippen LogP contribution is -2.48. The van der Waals surface area contributed by atoms with E-state index in [9.17, 15) is 13.6 Å². The van der Waals surface area contributed by atoms with Crippen molar-refractivity contribution < 1.29 is 13.6 Å². The molecule has 6 nitrogen and oxygen atoms in total. The average Bonchev–Trinajstić information content (AvgIpc) is 3.24. The first-order valence-corrected chi connectivity index (χ1v) is 9.98. The van der Waals surface area contributed by atoms with Gasteiger partial charge >= 0.3 is 0 Å². The lowest BCUT2D eigenvalue weighted by atomic mass is 10.1. The Morgan fingerprint density at radius 2 is 1.65 bits per heavy atom. The van der Waals surface area contributed by atoms with Crippen LogP contribution < -0.4 is 4.90 Å². The molecule has 0 spiro atoms. The predicted molar refractivity (Wildman–Crippen MR) is 113 cm³/mol. The minimum atomic E-state index is -0.864. The summed E-state index contributed by atoms with van der Waals surface area (Å²) >= 11 is 0. The second-order valence-corrected chi connectivity index (χ2v) is 7.39. The van der Waals surface area contributed by atoms with Crippen LogP contribution in [-0.4, -0.2) is 51.5 Å². The standard InChI is InChI=1S/C23H19F2N5O/c24-19-4-3-18(15-20(19)25)28-10-12-29(13-11-28)22(31)17-2-5-21-16(14-17)6-9-30(21)23-26-7-1-8-27-23/h1-9,14-15H,10-13H2. The number of carbonyl (C=O) groups excluding carboxylic acids is 1. The molecule has 1 amide bonds. The molecule has 0 bridgehead atoms. The van der Waals surface area contributed by atoms with E-state index in [1.807, 2.05) is 39.9 Å². The fourth-order valence-corrected chi connectivity index (χ4v) is 3.90. The molecule has 0 atom stereocenters. The van der Waals surface area contributed by atoms with Crippen molar-refractivity contribution in [3.8, 4) is 5.95 Å². The number of piperazine rings is 1. The molecule has 1 fully saturated rings. The van der Waals surface area contributed by atoms with E-state index in [0.717, 1.165) is 17.0 Å². The first-order valence-electron chi connectivity index (χ1n) is 9.98. The van der Waals surface area contributed by atoms with Gasteiger partial charge in [0.2, 0.25) is 5.95 Å². The summed E-state index contributed by atoms with van der Waals surface area (Å²) in [5.41, 5.74) is 2.16. The van der Waals surface area contributed by atoms with Gasteiger partial charge in [0.25, 0.3) is 5.91 Å². The Kier molecular flexibility index (Phi) is 4.82. The maximum atomic E-state index is 13.5. The van der Waals surface area contributed by atoms with E-state index in [-0.39, 0.29) is 5.91 Å². The van der Waals surface area contributed by atoms with Gasteiger partial charge in [-0.3, -0.25) is 9.36 Å². The summed E-state index contributed by atoms with van der Waals surface area (Å²) in [7, 11) is 0. The van der Waals surface area contributed by atoms with Crippen molar-refractivity contribution in [3.05, 3.63) is 84.3 Å². The molecule has 0 unspecified atom stereocenters. The van der Waals surface area contributed by atoms with Crippen LogP contribution >= 0.6 is 0 Å². The number of halogens is 2. The highest BCUT2D eigenvalue weighted by molar-refractivity contribution is 5.98. The van der Waals surface area contributed by atoms with Gasteiger partial charge in [-0.25, -0.2) is 18.7 Å². The molecule has 1 saturated heterocycles. The normalized spacial score (nSPS) is 14.3. The van der Waals surface area contributed by atoms with Crippen molar-refractivity contribution in [2.45, 2.75) is 0 Å². The van der Waals surface area contributed by atoms with Crippen LogP contribution in [0.25, 0.3) is 16.9 Å². The lowest BCUT2D eigenvalue weighted by Gasteiger charge is -2.36. The molecule has 3 heterocycles. The SMILES string of the molecule is O=C(c1ccc2c(ccn2-c2ncccn2)c1)N1CCN(c2ccc(F)c(F)c2)CC1. The van der Waals surface area contributed by atoms with Gasteiger partial charge in [0.1, 0.15) is 0 Å². The molecular formula is C23H19F2N5O. The molecule has 4 aromatic rings. The lowest BCUT2D eigenvalue weighted by molar-refractivity contribution is 0.0747. The summed E-state index contributed by atoms with van der Waals surface area (Å²) in [6, 6.07) is 13.2. The summed E-state index contributed by atoms with van der Waals surface area (Å²) in [5.74, 6) is -1.20. The summed E-state index contributed by atoms with van der Waals surface area (Å²) < 4.78 is 28.6. The molecule has 156 valence electrons. The highest BCUT2D eigenvalue weighted by Gasteiger charge is 2.23. The van der Waals surface area contributed by atoms with Gasteiger partial charge in [0.15, 0.2) is 11.6 Å². The fraction of sp³-hybridized carbons (Fsp3) is 0.174. The molecule has 0 radical (unpaired) electrons. The van der Waals surface area contributed by atoms with Crippen LogP contribution in [-0.2, 0) is 0 Å². The van der Waals surface area contributed by atoms with Crippen LogP contribution in [0.1, 0.15) is 10.4 Å². The number of amides is 1. The fourth-order valence-electron chi connectivity index (χ4n) is 3.90. The molecule has 1 aliphatic heterocycles.